The predicted molar refractivity (Wildman–Crippen MR) is 78.1 cm³/mol. The Bertz CT molecular complexity index is 555. The first-order valence-electron chi connectivity index (χ1n) is 6.82. The average Bonchev–Trinajstić information content (AvgIpc) is 3.04. The molecule has 2 atom stereocenters. The van der Waals surface area contributed by atoms with Crippen molar-refractivity contribution >= 4 is 29.1 Å². The van der Waals surface area contributed by atoms with Crippen LogP contribution in [-0.4, -0.2) is 28.9 Å². The number of amides is 2. The summed E-state index contributed by atoms with van der Waals surface area (Å²) in [5, 5.41) is 14.5. The molecule has 0 aromatic carbocycles. The maximum absolute atomic E-state index is 12.1. The zero-order chi connectivity index (χ0) is 15.4. The summed E-state index contributed by atoms with van der Waals surface area (Å²) in [7, 11) is 0. The highest BCUT2D eigenvalue weighted by Gasteiger charge is 2.30. The highest BCUT2D eigenvalue weighted by molar-refractivity contribution is 7.14. The molecule has 0 unspecified atom stereocenters. The lowest BCUT2D eigenvalue weighted by atomic mass is 10.1. The molecule has 0 spiro atoms. The number of hydrogen-bond donors (Lipinski definition) is 3. The molecule has 114 valence electrons. The molecule has 1 saturated carbocycles. The number of thiophene rings is 1. The first kappa shape index (κ1) is 15.5. The van der Waals surface area contributed by atoms with Crippen molar-refractivity contribution < 1.29 is 19.5 Å². The molecule has 21 heavy (non-hydrogen) atoms. The smallest absolute Gasteiger partial charge is 0.306 e. The SMILES string of the molecule is CC(=O)NCc1ccc(C(=O)N[C@@H]2CC[C@H](C(=O)O)C2)s1. The van der Waals surface area contributed by atoms with Crippen molar-refractivity contribution in [1.29, 1.82) is 0 Å². The third-order valence-corrected chi connectivity index (χ3v) is 4.60. The second kappa shape index (κ2) is 6.71. The van der Waals surface area contributed by atoms with E-state index in [4.69, 9.17) is 5.11 Å². The Morgan fingerprint density at radius 1 is 1.33 bits per heavy atom. The van der Waals surface area contributed by atoms with E-state index in [1.54, 1.807) is 6.07 Å². The van der Waals surface area contributed by atoms with Crippen molar-refractivity contribution in [2.75, 3.05) is 0 Å². The molecule has 0 aliphatic heterocycles. The van der Waals surface area contributed by atoms with E-state index >= 15 is 0 Å². The quantitative estimate of drug-likeness (QED) is 0.765. The Morgan fingerprint density at radius 3 is 2.71 bits per heavy atom. The maximum atomic E-state index is 12.1. The number of carbonyl (C=O) groups is 3. The van der Waals surface area contributed by atoms with Crippen LogP contribution in [0, 0.1) is 5.92 Å². The molecular weight excluding hydrogens is 292 g/mol. The van der Waals surface area contributed by atoms with Crippen LogP contribution in [-0.2, 0) is 16.1 Å². The summed E-state index contributed by atoms with van der Waals surface area (Å²) in [4.78, 5) is 35.3. The van der Waals surface area contributed by atoms with E-state index in [9.17, 15) is 14.4 Å². The minimum Gasteiger partial charge on any atom is -0.481 e. The van der Waals surface area contributed by atoms with Crippen molar-refractivity contribution in [3.05, 3.63) is 21.9 Å². The molecule has 3 N–H and O–H groups in total. The van der Waals surface area contributed by atoms with Crippen molar-refractivity contribution in [3.63, 3.8) is 0 Å². The fourth-order valence-electron chi connectivity index (χ4n) is 2.40. The molecule has 1 aromatic heterocycles. The fourth-order valence-corrected chi connectivity index (χ4v) is 3.25. The Morgan fingerprint density at radius 2 is 2.10 bits per heavy atom. The molecule has 1 aliphatic rings. The molecule has 7 heteroatoms. The second-order valence-corrected chi connectivity index (χ2v) is 6.36. The van der Waals surface area contributed by atoms with Crippen LogP contribution < -0.4 is 10.6 Å². The van der Waals surface area contributed by atoms with Gasteiger partial charge in [-0.3, -0.25) is 14.4 Å². The van der Waals surface area contributed by atoms with Crippen LogP contribution in [0.2, 0.25) is 0 Å². The summed E-state index contributed by atoms with van der Waals surface area (Å²) in [5.74, 6) is -1.43. The molecule has 0 bridgehead atoms. The molecular formula is C14H18N2O4S. The minimum atomic E-state index is -0.791. The lowest BCUT2D eigenvalue weighted by Crippen LogP contribution is -2.32. The van der Waals surface area contributed by atoms with Gasteiger partial charge in [0.2, 0.25) is 5.91 Å². The van der Waals surface area contributed by atoms with E-state index in [1.807, 2.05) is 6.07 Å². The number of aliphatic carboxylic acids is 1. The molecule has 0 saturated heterocycles. The van der Waals surface area contributed by atoms with Gasteiger partial charge in [-0.2, -0.15) is 0 Å². The van der Waals surface area contributed by atoms with E-state index in [-0.39, 0.29) is 23.8 Å². The second-order valence-electron chi connectivity index (χ2n) is 5.19. The summed E-state index contributed by atoms with van der Waals surface area (Å²) in [6.45, 7) is 1.86. The van der Waals surface area contributed by atoms with Gasteiger partial charge in [0.15, 0.2) is 0 Å². The molecule has 1 aromatic rings. The zero-order valence-corrected chi connectivity index (χ0v) is 12.5. The van der Waals surface area contributed by atoms with Crippen molar-refractivity contribution in [2.24, 2.45) is 5.92 Å². The lowest BCUT2D eigenvalue weighted by molar-refractivity contribution is -0.141. The van der Waals surface area contributed by atoms with Gasteiger partial charge in [0, 0.05) is 17.8 Å². The number of rotatable bonds is 5. The number of nitrogens with one attached hydrogen (secondary N) is 2. The third kappa shape index (κ3) is 4.29. The topological polar surface area (TPSA) is 95.5 Å². The summed E-state index contributed by atoms with van der Waals surface area (Å²) in [6, 6.07) is 3.46. The lowest BCUT2D eigenvalue weighted by Gasteiger charge is -2.11. The van der Waals surface area contributed by atoms with Gasteiger partial charge in [0.1, 0.15) is 0 Å². The third-order valence-electron chi connectivity index (χ3n) is 3.51. The van der Waals surface area contributed by atoms with Gasteiger partial charge >= 0.3 is 5.97 Å². The molecule has 2 amide bonds. The standard InChI is InChI=1S/C14H18N2O4S/c1-8(17)15-7-11-4-5-12(21-11)13(18)16-10-3-2-9(6-10)14(19)20/h4-5,9-10H,2-3,6-7H2,1H3,(H,15,17)(H,16,18)(H,19,20)/t9-,10+/m0/s1. The van der Waals surface area contributed by atoms with Gasteiger partial charge in [-0.25, -0.2) is 0 Å². The number of carboxylic acid groups (broad SMARTS) is 1. The first-order valence-corrected chi connectivity index (χ1v) is 7.64. The van der Waals surface area contributed by atoms with Gasteiger partial charge in [-0.05, 0) is 31.4 Å². The summed E-state index contributed by atoms with van der Waals surface area (Å²) in [6.07, 6.45) is 1.80. The largest absolute Gasteiger partial charge is 0.481 e. The van der Waals surface area contributed by atoms with Crippen molar-refractivity contribution in [3.8, 4) is 0 Å². The highest BCUT2D eigenvalue weighted by atomic mass is 32.1. The van der Waals surface area contributed by atoms with Gasteiger partial charge in [0.05, 0.1) is 17.3 Å². The number of hydrogen-bond acceptors (Lipinski definition) is 4. The normalized spacial score (nSPS) is 21.0. The van der Waals surface area contributed by atoms with Crippen LogP contribution >= 0.6 is 11.3 Å². The Balaban J connectivity index is 1.86. The number of carboxylic acids is 1. The fraction of sp³-hybridized carbons (Fsp3) is 0.500. The number of carbonyl (C=O) groups excluding carboxylic acids is 2. The van der Waals surface area contributed by atoms with Gasteiger partial charge < -0.3 is 15.7 Å². The van der Waals surface area contributed by atoms with Crippen LogP contribution in [0.25, 0.3) is 0 Å². The van der Waals surface area contributed by atoms with Crippen LogP contribution in [0.5, 0.6) is 0 Å². The Labute approximate surface area is 126 Å². The highest BCUT2D eigenvalue weighted by Crippen LogP contribution is 2.26. The Hall–Kier alpha value is -1.89. The molecule has 6 nitrogen and oxygen atoms in total. The summed E-state index contributed by atoms with van der Waals surface area (Å²) in [5.41, 5.74) is 0. The van der Waals surface area contributed by atoms with E-state index in [0.29, 0.717) is 30.7 Å². The average molecular weight is 310 g/mol. The summed E-state index contributed by atoms with van der Waals surface area (Å²) >= 11 is 1.33. The summed E-state index contributed by atoms with van der Waals surface area (Å²) < 4.78 is 0. The van der Waals surface area contributed by atoms with Gasteiger partial charge in [0.25, 0.3) is 5.91 Å². The predicted octanol–water partition coefficient (Wildman–Crippen LogP) is 1.37. The van der Waals surface area contributed by atoms with Crippen LogP contribution in [0.15, 0.2) is 12.1 Å². The van der Waals surface area contributed by atoms with E-state index in [2.05, 4.69) is 10.6 Å². The van der Waals surface area contributed by atoms with E-state index in [0.717, 1.165) is 4.88 Å². The monoisotopic (exact) mass is 310 g/mol. The van der Waals surface area contributed by atoms with Gasteiger partial charge in [-0.15, -0.1) is 11.3 Å². The van der Waals surface area contributed by atoms with Crippen LogP contribution in [0.4, 0.5) is 0 Å². The van der Waals surface area contributed by atoms with Crippen molar-refractivity contribution in [2.45, 2.75) is 38.8 Å². The van der Waals surface area contributed by atoms with Crippen molar-refractivity contribution in [1.82, 2.24) is 10.6 Å². The van der Waals surface area contributed by atoms with E-state index < -0.39 is 5.97 Å². The molecule has 1 aliphatic carbocycles. The van der Waals surface area contributed by atoms with E-state index in [1.165, 1.54) is 18.3 Å². The molecule has 1 fully saturated rings. The molecule has 2 rings (SSSR count). The Kier molecular flexibility index (Phi) is 4.95. The van der Waals surface area contributed by atoms with Gasteiger partial charge in [-0.1, -0.05) is 0 Å². The molecule has 1 heterocycles. The van der Waals surface area contributed by atoms with Crippen LogP contribution in [0.3, 0.4) is 0 Å². The van der Waals surface area contributed by atoms with Crippen LogP contribution in [0.1, 0.15) is 40.7 Å². The minimum absolute atomic E-state index is 0.0699. The zero-order valence-electron chi connectivity index (χ0n) is 11.7. The maximum Gasteiger partial charge on any atom is 0.306 e. The molecule has 0 radical (unpaired) electrons. The first-order chi connectivity index (χ1) is 9.95.